The van der Waals surface area contributed by atoms with E-state index in [0.29, 0.717) is 0 Å². The SMILES string of the molecule is NN=Cc1cccc(OC(F)F)c1F. The third-order valence-electron chi connectivity index (χ3n) is 1.42. The van der Waals surface area contributed by atoms with E-state index >= 15 is 0 Å². The first-order valence-electron chi connectivity index (χ1n) is 3.61. The van der Waals surface area contributed by atoms with Crippen LogP contribution < -0.4 is 10.6 Å². The standard InChI is InChI=1S/C8H7F3N2O/c9-7-5(4-13-12)2-1-3-6(7)14-8(10)11/h1-4,8H,12H2. The molecule has 0 radical (unpaired) electrons. The molecule has 0 fully saturated rings. The zero-order valence-corrected chi connectivity index (χ0v) is 6.95. The summed E-state index contributed by atoms with van der Waals surface area (Å²) in [7, 11) is 0. The van der Waals surface area contributed by atoms with Crippen molar-refractivity contribution in [2.24, 2.45) is 10.9 Å². The Balaban J connectivity index is 3.01. The van der Waals surface area contributed by atoms with E-state index in [2.05, 4.69) is 9.84 Å². The lowest BCUT2D eigenvalue weighted by Gasteiger charge is -2.06. The second kappa shape index (κ2) is 4.50. The summed E-state index contributed by atoms with van der Waals surface area (Å²) in [4.78, 5) is 0. The van der Waals surface area contributed by atoms with Crippen LogP contribution in [0, 0.1) is 5.82 Å². The van der Waals surface area contributed by atoms with Gasteiger partial charge in [-0.1, -0.05) is 12.1 Å². The van der Waals surface area contributed by atoms with Crippen LogP contribution in [0.25, 0.3) is 0 Å². The monoisotopic (exact) mass is 204 g/mol. The van der Waals surface area contributed by atoms with Crippen molar-refractivity contribution in [2.75, 3.05) is 0 Å². The third kappa shape index (κ3) is 2.38. The minimum Gasteiger partial charge on any atom is -0.432 e. The van der Waals surface area contributed by atoms with E-state index in [4.69, 9.17) is 5.84 Å². The smallest absolute Gasteiger partial charge is 0.387 e. The van der Waals surface area contributed by atoms with Gasteiger partial charge in [0.1, 0.15) is 0 Å². The molecule has 0 amide bonds. The van der Waals surface area contributed by atoms with Gasteiger partial charge in [0.05, 0.1) is 6.21 Å². The second-order valence-corrected chi connectivity index (χ2v) is 2.32. The van der Waals surface area contributed by atoms with E-state index in [9.17, 15) is 13.2 Å². The summed E-state index contributed by atoms with van der Waals surface area (Å²) in [6.07, 6.45) is 1.01. The minimum atomic E-state index is -3.06. The van der Waals surface area contributed by atoms with Gasteiger partial charge in [-0.25, -0.2) is 4.39 Å². The minimum absolute atomic E-state index is 0.00866. The number of hydrogen-bond acceptors (Lipinski definition) is 3. The molecule has 0 unspecified atom stereocenters. The van der Waals surface area contributed by atoms with Crippen molar-refractivity contribution < 1.29 is 17.9 Å². The van der Waals surface area contributed by atoms with Gasteiger partial charge in [-0.15, -0.1) is 0 Å². The quantitative estimate of drug-likeness (QED) is 0.463. The molecular weight excluding hydrogens is 197 g/mol. The zero-order chi connectivity index (χ0) is 10.6. The van der Waals surface area contributed by atoms with Gasteiger partial charge in [-0.3, -0.25) is 0 Å². The van der Waals surface area contributed by atoms with E-state index in [1.807, 2.05) is 0 Å². The van der Waals surface area contributed by atoms with Gasteiger partial charge in [0.25, 0.3) is 0 Å². The van der Waals surface area contributed by atoms with Crippen LogP contribution in [-0.2, 0) is 0 Å². The van der Waals surface area contributed by atoms with Crippen LogP contribution in [0.15, 0.2) is 23.3 Å². The number of alkyl halides is 2. The van der Waals surface area contributed by atoms with Crippen molar-refractivity contribution in [1.82, 2.24) is 0 Å². The lowest BCUT2D eigenvalue weighted by Crippen LogP contribution is -2.05. The third-order valence-corrected chi connectivity index (χ3v) is 1.42. The number of ether oxygens (including phenoxy) is 1. The molecule has 0 aliphatic rings. The average molecular weight is 204 g/mol. The number of hydrazone groups is 1. The predicted octanol–water partition coefficient (Wildman–Crippen LogP) is 1.72. The predicted molar refractivity (Wildman–Crippen MR) is 44.8 cm³/mol. The first kappa shape index (κ1) is 10.4. The normalized spacial score (nSPS) is 11.1. The summed E-state index contributed by atoms with van der Waals surface area (Å²) >= 11 is 0. The summed E-state index contributed by atoms with van der Waals surface area (Å²) in [6.45, 7) is -3.06. The Morgan fingerprint density at radius 3 is 2.71 bits per heavy atom. The maximum atomic E-state index is 13.2. The number of hydrogen-bond donors (Lipinski definition) is 1. The average Bonchev–Trinajstić information content (AvgIpc) is 2.11. The Kier molecular flexibility index (Phi) is 3.33. The van der Waals surface area contributed by atoms with Crippen LogP contribution in [0.4, 0.5) is 13.2 Å². The highest BCUT2D eigenvalue weighted by atomic mass is 19.3. The molecule has 1 aromatic rings. The topological polar surface area (TPSA) is 47.6 Å². The van der Waals surface area contributed by atoms with Crippen LogP contribution in [-0.4, -0.2) is 12.8 Å². The van der Waals surface area contributed by atoms with Crippen LogP contribution in [0.3, 0.4) is 0 Å². The molecular formula is C8H7F3N2O. The second-order valence-electron chi connectivity index (χ2n) is 2.32. The number of benzene rings is 1. The molecule has 0 atom stereocenters. The maximum absolute atomic E-state index is 13.2. The van der Waals surface area contributed by atoms with E-state index in [-0.39, 0.29) is 5.56 Å². The van der Waals surface area contributed by atoms with Crippen molar-refractivity contribution >= 4 is 6.21 Å². The molecule has 0 heterocycles. The number of nitrogens with two attached hydrogens (primary N) is 1. The molecule has 2 N–H and O–H groups in total. The highest BCUT2D eigenvalue weighted by molar-refractivity contribution is 5.80. The summed E-state index contributed by atoms with van der Waals surface area (Å²) in [5, 5.41) is 3.08. The Hall–Kier alpha value is -1.72. The molecule has 76 valence electrons. The van der Waals surface area contributed by atoms with Crippen LogP contribution in [0.1, 0.15) is 5.56 Å². The molecule has 0 saturated carbocycles. The van der Waals surface area contributed by atoms with E-state index in [1.54, 1.807) is 0 Å². The molecule has 3 nitrogen and oxygen atoms in total. The lowest BCUT2D eigenvalue weighted by atomic mass is 10.2. The van der Waals surface area contributed by atoms with Gasteiger partial charge in [0.2, 0.25) is 0 Å². The van der Waals surface area contributed by atoms with Crippen LogP contribution in [0.5, 0.6) is 5.75 Å². The van der Waals surface area contributed by atoms with Gasteiger partial charge in [-0.05, 0) is 6.07 Å². The van der Waals surface area contributed by atoms with Gasteiger partial charge in [-0.2, -0.15) is 13.9 Å². The molecule has 1 aromatic carbocycles. The Labute approximate surface area is 78.0 Å². The fourth-order valence-corrected chi connectivity index (χ4v) is 0.895. The fourth-order valence-electron chi connectivity index (χ4n) is 0.895. The van der Waals surface area contributed by atoms with E-state index < -0.39 is 18.2 Å². The molecule has 1 rings (SSSR count). The Bertz CT molecular complexity index is 341. The molecule has 0 spiro atoms. The van der Waals surface area contributed by atoms with E-state index in [1.165, 1.54) is 12.1 Å². The summed E-state index contributed by atoms with van der Waals surface area (Å²) in [5.41, 5.74) is -0.00866. The van der Waals surface area contributed by atoms with Crippen molar-refractivity contribution in [2.45, 2.75) is 6.61 Å². The zero-order valence-electron chi connectivity index (χ0n) is 6.95. The molecule has 0 aliphatic carbocycles. The lowest BCUT2D eigenvalue weighted by molar-refractivity contribution is -0.0521. The first-order chi connectivity index (χ1) is 6.65. The molecule has 0 saturated heterocycles. The molecule has 14 heavy (non-hydrogen) atoms. The Morgan fingerprint density at radius 2 is 2.14 bits per heavy atom. The fraction of sp³-hybridized carbons (Fsp3) is 0.125. The highest BCUT2D eigenvalue weighted by Crippen LogP contribution is 2.20. The molecule has 6 heteroatoms. The molecule has 0 bridgehead atoms. The van der Waals surface area contributed by atoms with Crippen molar-refractivity contribution in [3.8, 4) is 5.75 Å². The maximum Gasteiger partial charge on any atom is 0.387 e. The van der Waals surface area contributed by atoms with Crippen LogP contribution >= 0.6 is 0 Å². The summed E-state index contributed by atoms with van der Waals surface area (Å²) in [6, 6.07) is 3.79. The Morgan fingerprint density at radius 1 is 1.43 bits per heavy atom. The van der Waals surface area contributed by atoms with E-state index in [0.717, 1.165) is 12.3 Å². The summed E-state index contributed by atoms with van der Waals surface area (Å²) < 4.78 is 40.7. The number of halogens is 3. The van der Waals surface area contributed by atoms with Crippen molar-refractivity contribution in [1.29, 1.82) is 0 Å². The summed E-state index contributed by atoms with van der Waals surface area (Å²) in [5.74, 6) is 3.35. The first-order valence-corrected chi connectivity index (χ1v) is 3.61. The highest BCUT2D eigenvalue weighted by Gasteiger charge is 2.11. The number of nitrogens with zero attached hydrogens (tertiary/aromatic N) is 1. The van der Waals surface area contributed by atoms with Gasteiger partial charge in [0, 0.05) is 5.56 Å². The van der Waals surface area contributed by atoms with Gasteiger partial charge < -0.3 is 10.6 Å². The van der Waals surface area contributed by atoms with Gasteiger partial charge in [0.15, 0.2) is 11.6 Å². The molecule has 0 aromatic heterocycles. The van der Waals surface area contributed by atoms with Gasteiger partial charge >= 0.3 is 6.61 Å². The molecule has 0 aliphatic heterocycles. The van der Waals surface area contributed by atoms with Crippen molar-refractivity contribution in [3.05, 3.63) is 29.6 Å². The number of rotatable bonds is 3. The van der Waals surface area contributed by atoms with Crippen LogP contribution in [0.2, 0.25) is 0 Å². The largest absolute Gasteiger partial charge is 0.432 e. The van der Waals surface area contributed by atoms with Crippen molar-refractivity contribution in [3.63, 3.8) is 0 Å².